The monoisotopic (exact) mass is 410 g/mol. The Bertz CT molecular complexity index is 755. The fraction of sp³-hybridized carbons (Fsp3) is 0.462. The second-order valence-electron chi connectivity index (χ2n) is 7.60. The molecule has 0 heterocycles. The maximum atomic E-state index is 12.3. The molecule has 0 spiro atoms. The first kappa shape index (κ1) is 23.7. The van der Waals surface area contributed by atoms with Crippen LogP contribution in [0.5, 0.6) is 5.75 Å². The first-order chi connectivity index (χ1) is 14.7. The van der Waals surface area contributed by atoms with Crippen molar-refractivity contribution in [3.63, 3.8) is 0 Å². The van der Waals surface area contributed by atoms with Gasteiger partial charge in [0.1, 0.15) is 5.75 Å². The zero-order valence-electron chi connectivity index (χ0n) is 18.1. The van der Waals surface area contributed by atoms with Crippen molar-refractivity contribution < 1.29 is 19.1 Å². The van der Waals surface area contributed by atoms with E-state index in [9.17, 15) is 9.59 Å². The highest BCUT2D eigenvalue weighted by Gasteiger charge is 2.13. The van der Waals surface area contributed by atoms with Crippen LogP contribution in [0, 0.1) is 0 Å². The van der Waals surface area contributed by atoms with E-state index in [0.717, 1.165) is 12.8 Å². The van der Waals surface area contributed by atoms with Crippen molar-refractivity contribution in [3.05, 3.63) is 65.7 Å². The zero-order valence-corrected chi connectivity index (χ0v) is 18.1. The average molecular weight is 411 g/mol. The highest BCUT2D eigenvalue weighted by molar-refractivity contribution is 5.96. The zero-order chi connectivity index (χ0) is 21.4. The standard InChI is InChI=1S/C26H34O4/c1-2-3-4-5-6-7-8-9-10-14-20-29-25(27)22-16-15-17-23(21-22)26(28)30-24-18-12-11-13-19-24/h11-13,15-19,21H,2-10,14,20H2,1H3. The summed E-state index contributed by atoms with van der Waals surface area (Å²) in [6.45, 7) is 2.65. The number of hydrogen-bond donors (Lipinski definition) is 0. The molecule has 0 atom stereocenters. The van der Waals surface area contributed by atoms with Crippen LogP contribution in [0.4, 0.5) is 0 Å². The number of rotatable bonds is 14. The lowest BCUT2D eigenvalue weighted by atomic mass is 10.1. The molecular formula is C26H34O4. The summed E-state index contributed by atoms with van der Waals surface area (Å²) in [5.74, 6) is -0.428. The fourth-order valence-corrected chi connectivity index (χ4v) is 3.27. The van der Waals surface area contributed by atoms with Crippen molar-refractivity contribution in [2.24, 2.45) is 0 Å². The molecule has 4 heteroatoms. The molecule has 0 bridgehead atoms. The molecule has 0 amide bonds. The number of unbranched alkanes of at least 4 members (excludes halogenated alkanes) is 9. The van der Waals surface area contributed by atoms with Crippen molar-refractivity contribution in [1.82, 2.24) is 0 Å². The molecule has 0 aliphatic heterocycles. The lowest BCUT2D eigenvalue weighted by Crippen LogP contribution is -2.11. The number of benzene rings is 2. The summed E-state index contributed by atoms with van der Waals surface area (Å²) in [6, 6.07) is 15.3. The van der Waals surface area contributed by atoms with E-state index in [2.05, 4.69) is 6.92 Å². The molecule has 30 heavy (non-hydrogen) atoms. The Morgan fingerprint density at radius 2 is 1.23 bits per heavy atom. The third kappa shape index (κ3) is 9.25. The van der Waals surface area contributed by atoms with Crippen LogP contribution in [0.1, 0.15) is 91.8 Å². The van der Waals surface area contributed by atoms with Gasteiger partial charge in [0.25, 0.3) is 0 Å². The molecule has 0 aromatic heterocycles. The van der Waals surface area contributed by atoms with Crippen LogP contribution in [0.25, 0.3) is 0 Å². The summed E-state index contributed by atoms with van der Waals surface area (Å²) >= 11 is 0. The SMILES string of the molecule is CCCCCCCCCCCCOC(=O)c1cccc(C(=O)Oc2ccccc2)c1. The molecule has 0 radical (unpaired) electrons. The smallest absolute Gasteiger partial charge is 0.343 e. The minimum atomic E-state index is -0.495. The number of carbonyl (C=O) groups is 2. The highest BCUT2D eigenvalue weighted by atomic mass is 16.5. The number of ether oxygens (including phenoxy) is 2. The van der Waals surface area contributed by atoms with Gasteiger partial charge in [-0.2, -0.15) is 0 Å². The molecule has 0 saturated carbocycles. The second kappa shape index (κ2) is 14.4. The van der Waals surface area contributed by atoms with Crippen LogP contribution < -0.4 is 4.74 Å². The van der Waals surface area contributed by atoms with Gasteiger partial charge in [-0.25, -0.2) is 9.59 Å². The van der Waals surface area contributed by atoms with Gasteiger partial charge < -0.3 is 9.47 Å². The van der Waals surface area contributed by atoms with E-state index in [1.54, 1.807) is 42.5 Å². The lowest BCUT2D eigenvalue weighted by molar-refractivity contribution is 0.0497. The Kier molecular flexibility index (Phi) is 11.3. The Morgan fingerprint density at radius 3 is 1.87 bits per heavy atom. The van der Waals surface area contributed by atoms with Crippen LogP contribution >= 0.6 is 0 Å². The molecule has 0 fully saturated rings. The molecule has 162 valence electrons. The normalized spacial score (nSPS) is 10.6. The maximum absolute atomic E-state index is 12.3. The summed E-state index contributed by atoms with van der Waals surface area (Å²) in [6.07, 6.45) is 12.4. The van der Waals surface area contributed by atoms with E-state index >= 15 is 0 Å². The van der Waals surface area contributed by atoms with Gasteiger partial charge in [-0.05, 0) is 36.8 Å². The van der Waals surface area contributed by atoms with E-state index in [1.165, 1.54) is 57.4 Å². The first-order valence-electron chi connectivity index (χ1n) is 11.2. The number of esters is 2. The number of hydrogen-bond acceptors (Lipinski definition) is 4. The third-order valence-electron chi connectivity index (χ3n) is 5.02. The molecular weight excluding hydrogens is 376 g/mol. The Labute approximate surface area is 180 Å². The van der Waals surface area contributed by atoms with Gasteiger partial charge in [0.15, 0.2) is 0 Å². The molecule has 0 N–H and O–H groups in total. The topological polar surface area (TPSA) is 52.6 Å². The quantitative estimate of drug-likeness (QED) is 0.191. The van der Waals surface area contributed by atoms with E-state index in [-0.39, 0.29) is 0 Å². The van der Waals surface area contributed by atoms with Gasteiger partial charge in [0.05, 0.1) is 17.7 Å². The van der Waals surface area contributed by atoms with Gasteiger partial charge in [-0.15, -0.1) is 0 Å². The van der Waals surface area contributed by atoms with Crippen molar-refractivity contribution in [2.45, 2.75) is 71.1 Å². The average Bonchev–Trinajstić information content (AvgIpc) is 2.78. The molecule has 0 unspecified atom stereocenters. The molecule has 2 aromatic carbocycles. The lowest BCUT2D eigenvalue weighted by Gasteiger charge is -2.07. The van der Waals surface area contributed by atoms with Gasteiger partial charge in [-0.1, -0.05) is 89.0 Å². The van der Waals surface area contributed by atoms with Crippen LogP contribution in [0.2, 0.25) is 0 Å². The van der Waals surface area contributed by atoms with Crippen LogP contribution in [0.15, 0.2) is 54.6 Å². The molecule has 2 rings (SSSR count). The minimum absolute atomic E-state index is 0.326. The van der Waals surface area contributed by atoms with E-state index in [1.807, 2.05) is 6.07 Å². The van der Waals surface area contributed by atoms with E-state index in [0.29, 0.717) is 23.5 Å². The summed E-state index contributed by atoms with van der Waals surface area (Å²) in [5.41, 5.74) is 0.692. The molecule has 0 saturated heterocycles. The molecule has 0 aliphatic carbocycles. The van der Waals surface area contributed by atoms with Gasteiger partial charge in [0, 0.05) is 0 Å². The van der Waals surface area contributed by atoms with Crippen molar-refractivity contribution >= 4 is 11.9 Å². The Balaban J connectivity index is 1.63. The van der Waals surface area contributed by atoms with Crippen molar-refractivity contribution in [1.29, 1.82) is 0 Å². The van der Waals surface area contributed by atoms with Gasteiger partial charge in [0.2, 0.25) is 0 Å². The number of carbonyl (C=O) groups excluding carboxylic acids is 2. The van der Waals surface area contributed by atoms with Crippen molar-refractivity contribution in [2.75, 3.05) is 6.61 Å². The largest absolute Gasteiger partial charge is 0.462 e. The molecule has 2 aromatic rings. The third-order valence-corrected chi connectivity index (χ3v) is 5.02. The van der Waals surface area contributed by atoms with Crippen LogP contribution in [-0.2, 0) is 4.74 Å². The van der Waals surface area contributed by atoms with Gasteiger partial charge in [-0.3, -0.25) is 0 Å². The summed E-state index contributed by atoms with van der Waals surface area (Å²) in [5, 5.41) is 0. The van der Waals surface area contributed by atoms with E-state index < -0.39 is 11.9 Å². The van der Waals surface area contributed by atoms with Gasteiger partial charge >= 0.3 is 11.9 Å². The summed E-state index contributed by atoms with van der Waals surface area (Å²) < 4.78 is 10.7. The summed E-state index contributed by atoms with van der Waals surface area (Å²) in [4.78, 5) is 24.5. The second-order valence-corrected chi connectivity index (χ2v) is 7.60. The molecule has 0 aliphatic rings. The van der Waals surface area contributed by atoms with Crippen LogP contribution in [0.3, 0.4) is 0 Å². The highest BCUT2D eigenvalue weighted by Crippen LogP contribution is 2.14. The minimum Gasteiger partial charge on any atom is -0.462 e. The first-order valence-corrected chi connectivity index (χ1v) is 11.2. The fourth-order valence-electron chi connectivity index (χ4n) is 3.27. The van der Waals surface area contributed by atoms with E-state index in [4.69, 9.17) is 9.47 Å². The summed E-state index contributed by atoms with van der Waals surface area (Å²) in [7, 11) is 0. The van der Waals surface area contributed by atoms with Crippen LogP contribution in [-0.4, -0.2) is 18.5 Å². The Morgan fingerprint density at radius 1 is 0.667 bits per heavy atom. The molecule has 4 nitrogen and oxygen atoms in total. The predicted molar refractivity (Wildman–Crippen MR) is 120 cm³/mol. The van der Waals surface area contributed by atoms with Crippen molar-refractivity contribution in [3.8, 4) is 5.75 Å². The maximum Gasteiger partial charge on any atom is 0.343 e. The number of para-hydroxylation sites is 1. The Hall–Kier alpha value is -2.62. The predicted octanol–water partition coefficient (Wildman–Crippen LogP) is 6.98.